The predicted molar refractivity (Wildman–Crippen MR) is 85.4 cm³/mol. The monoisotopic (exact) mass is 334 g/mol. The number of carbonyl (C=O) groups excluding carboxylic acids is 1. The minimum Gasteiger partial charge on any atom is -0.480 e. The van der Waals surface area contributed by atoms with Gasteiger partial charge in [-0.25, -0.2) is 9.78 Å². The molecule has 0 bridgehead atoms. The molecule has 1 amide bonds. The number of aliphatic carboxylic acids is 1. The van der Waals surface area contributed by atoms with Crippen molar-refractivity contribution >= 4 is 23.2 Å². The van der Waals surface area contributed by atoms with Gasteiger partial charge in [0.1, 0.15) is 15.4 Å². The average Bonchev–Trinajstić information content (AvgIpc) is 3.19. The lowest BCUT2D eigenvalue weighted by atomic mass is 9.98. The van der Waals surface area contributed by atoms with Gasteiger partial charge in [-0.3, -0.25) is 9.48 Å². The molecule has 0 saturated heterocycles. The molecule has 0 radical (unpaired) electrons. The van der Waals surface area contributed by atoms with Crippen molar-refractivity contribution in [1.82, 2.24) is 20.1 Å². The molecule has 8 heteroatoms. The molecule has 0 aliphatic heterocycles. The third kappa shape index (κ3) is 2.86. The van der Waals surface area contributed by atoms with Gasteiger partial charge >= 0.3 is 5.97 Å². The maximum Gasteiger partial charge on any atom is 0.329 e. The quantitative estimate of drug-likeness (QED) is 0.891. The second-order valence-corrected chi connectivity index (χ2v) is 6.88. The van der Waals surface area contributed by atoms with Crippen LogP contribution < -0.4 is 5.32 Å². The Morgan fingerprint density at radius 2 is 2.09 bits per heavy atom. The van der Waals surface area contributed by atoms with E-state index in [1.165, 1.54) is 11.3 Å². The lowest BCUT2D eigenvalue weighted by Gasteiger charge is -2.24. The van der Waals surface area contributed by atoms with Gasteiger partial charge in [-0.05, 0) is 19.8 Å². The molecule has 1 fully saturated rings. The number of carbonyl (C=O) groups is 2. The topological polar surface area (TPSA) is 97.1 Å². The summed E-state index contributed by atoms with van der Waals surface area (Å²) in [6, 6.07) is 0. The van der Waals surface area contributed by atoms with Crippen molar-refractivity contribution in [3.63, 3.8) is 0 Å². The van der Waals surface area contributed by atoms with Crippen molar-refractivity contribution in [3.05, 3.63) is 23.0 Å². The molecule has 2 aromatic rings. The Kier molecular flexibility index (Phi) is 3.93. The standard InChI is InChI=1S/C15H18N4O3S/c1-9-11(23-13(17-9)10-7-16-19(2)8-10)12(20)18-15(14(21)22)5-3-4-6-15/h7-8H,3-6H2,1-2H3,(H,18,20)(H,21,22). The summed E-state index contributed by atoms with van der Waals surface area (Å²) in [7, 11) is 1.81. The normalized spacial score (nSPS) is 16.4. The van der Waals surface area contributed by atoms with E-state index < -0.39 is 11.5 Å². The van der Waals surface area contributed by atoms with Crippen LogP contribution >= 0.6 is 11.3 Å². The summed E-state index contributed by atoms with van der Waals surface area (Å²) in [6.07, 6.45) is 6.10. The van der Waals surface area contributed by atoms with Crippen molar-refractivity contribution in [1.29, 1.82) is 0 Å². The van der Waals surface area contributed by atoms with Crippen molar-refractivity contribution < 1.29 is 14.7 Å². The van der Waals surface area contributed by atoms with Crippen LogP contribution in [0.4, 0.5) is 0 Å². The molecule has 1 aliphatic rings. The molecular formula is C15H18N4O3S. The number of hydrogen-bond donors (Lipinski definition) is 2. The van der Waals surface area contributed by atoms with Crippen LogP contribution in [-0.2, 0) is 11.8 Å². The van der Waals surface area contributed by atoms with E-state index >= 15 is 0 Å². The summed E-state index contributed by atoms with van der Waals surface area (Å²) >= 11 is 1.26. The first-order chi connectivity index (χ1) is 10.9. The van der Waals surface area contributed by atoms with Crippen molar-refractivity contribution in [2.75, 3.05) is 0 Å². The highest BCUT2D eigenvalue weighted by atomic mass is 32.1. The van der Waals surface area contributed by atoms with Gasteiger partial charge in [0.05, 0.1) is 11.9 Å². The smallest absolute Gasteiger partial charge is 0.329 e. The predicted octanol–water partition coefficient (Wildman–Crippen LogP) is 1.98. The van der Waals surface area contributed by atoms with Crippen LogP contribution in [0.25, 0.3) is 10.6 Å². The highest BCUT2D eigenvalue weighted by Gasteiger charge is 2.43. The Morgan fingerprint density at radius 1 is 1.39 bits per heavy atom. The van der Waals surface area contributed by atoms with E-state index in [0.717, 1.165) is 18.4 Å². The maximum absolute atomic E-state index is 12.6. The Hall–Kier alpha value is -2.22. The fourth-order valence-corrected chi connectivity index (χ4v) is 3.84. The van der Waals surface area contributed by atoms with Gasteiger partial charge in [0.15, 0.2) is 0 Å². The first-order valence-corrected chi connectivity index (χ1v) is 8.25. The second-order valence-electron chi connectivity index (χ2n) is 5.88. The van der Waals surface area contributed by atoms with Crippen LogP contribution in [-0.4, -0.2) is 37.3 Å². The number of carboxylic acids is 1. The lowest BCUT2D eigenvalue weighted by molar-refractivity contribution is -0.144. The van der Waals surface area contributed by atoms with Crippen LogP contribution in [0.3, 0.4) is 0 Å². The van der Waals surface area contributed by atoms with E-state index in [1.807, 2.05) is 13.2 Å². The summed E-state index contributed by atoms with van der Waals surface area (Å²) in [5, 5.41) is 17.0. The van der Waals surface area contributed by atoms with Crippen molar-refractivity contribution in [3.8, 4) is 10.6 Å². The molecule has 3 rings (SSSR count). The second kappa shape index (κ2) is 5.77. The van der Waals surface area contributed by atoms with Gasteiger partial charge in [0.2, 0.25) is 0 Å². The summed E-state index contributed by atoms with van der Waals surface area (Å²) in [5.41, 5.74) is 0.306. The highest BCUT2D eigenvalue weighted by molar-refractivity contribution is 7.17. The number of hydrogen-bond acceptors (Lipinski definition) is 5. The molecule has 1 saturated carbocycles. The summed E-state index contributed by atoms with van der Waals surface area (Å²) in [6.45, 7) is 1.76. The number of aryl methyl sites for hydroxylation is 2. The minimum atomic E-state index is -1.14. The van der Waals surface area contributed by atoms with Gasteiger partial charge in [0.25, 0.3) is 5.91 Å². The van der Waals surface area contributed by atoms with Gasteiger partial charge in [0, 0.05) is 18.8 Å². The minimum absolute atomic E-state index is 0.362. The van der Waals surface area contributed by atoms with Crippen molar-refractivity contribution in [2.45, 2.75) is 38.1 Å². The molecule has 0 unspecified atom stereocenters. The van der Waals surface area contributed by atoms with Crippen LogP contribution in [0.1, 0.15) is 41.0 Å². The average molecular weight is 334 g/mol. The largest absolute Gasteiger partial charge is 0.480 e. The van der Waals surface area contributed by atoms with Gasteiger partial charge in [-0.2, -0.15) is 5.10 Å². The van der Waals surface area contributed by atoms with Gasteiger partial charge in [-0.15, -0.1) is 11.3 Å². The number of carboxylic acid groups (broad SMARTS) is 1. The maximum atomic E-state index is 12.6. The number of thiazole rings is 1. The molecule has 23 heavy (non-hydrogen) atoms. The van der Waals surface area contributed by atoms with E-state index in [9.17, 15) is 14.7 Å². The van der Waals surface area contributed by atoms with Gasteiger partial charge < -0.3 is 10.4 Å². The molecule has 2 heterocycles. The SMILES string of the molecule is Cc1nc(-c2cnn(C)c2)sc1C(=O)NC1(C(=O)O)CCCC1. The summed E-state index contributed by atoms with van der Waals surface area (Å²) in [5.74, 6) is -1.32. The van der Waals surface area contributed by atoms with Crippen LogP contribution in [0.5, 0.6) is 0 Å². The number of amides is 1. The Balaban J connectivity index is 1.85. The van der Waals surface area contributed by atoms with E-state index in [1.54, 1.807) is 17.8 Å². The first kappa shape index (κ1) is 15.7. The zero-order valence-corrected chi connectivity index (χ0v) is 13.8. The zero-order valence-electron chi connectivity index (χ0n) is 13.0. The Bertz CT molecular complexity index is 759. The summed E-state index contributed by atoms with van der Waals surface area (Å²) in [4.78, 5) is 29.0. The number of nitrogens with zero attached hydrogens (tertiary/aromatic N) is 3. The van der Waals surface area contributed by atoms with E-state index in [-0.39, 0.29) is 5.91 Å². The molecule has 2 aromatic heterocycles. The molecular weight excluding hydrogens is 316 g/mol. The third-order valence-corrected chi connectivity index (χ3v) is 5.38. The molecule has 0 spiro atoms. The van der Waals surface area contributed by atoms with Gasteiger partial charge in [-0.1, -0.05) is 12.8 Å². The molecule has 1 aliphatic carbocycles. The molecule has 7 nitrogen and oxygen atoms in total. The Labute approximate surface area is 137 Å². The molecule has 0 aromatic carbocycles. The fourth-order valence-electron chi connectivity index (χ4n) is 2.91. The fraction of sp³-hybridized carbons (Fsp3) is 0.467. The number of nitrogens with one attached hydrogen (secondary N) is 1. The first-order valence-electron chi connectivity index (χ1n) is 7.44. The number of aromatic nitrogens is 3. The Morgan fingerprint density at radius 3 is 2.65 bits per heavy atom. The van der Waals surface area contributed by atoms with E-state index in [2.05, 4.69) is 15.4 Å². The number of rotatable bonds is 4. The van der Waals surface area contributed by atoms with Crippen LogP contribution in [0, 0.1) is 6.92 Å². The molecule has 0 atom stereocenters. The van der Waals surface area contributed by atoms with Crippen LogP contribution in [0.2, 0.25) is 0 Å². The molecule has 122 valence electrons. The van der Waals surface area contributed by atoms with Crippen LogP contribution in [0.15, 0.2) is 12.4 Å². The van der Waals surface area contributed by atoms with E-state index in [0.29, 0.717) is 28.4 Å². The summed E-state index contributed by atoms with van der Waals surface area (Å²) < 4.78 is 1.67. The van der Waals surface area contributed by atoms with E-state index in [4.69, 9.17) is 0 Å². The van der Waals surface area contributed by atoms with Crippen molar-refractivity contribution in [2.24, 2.45) is 7.05 Å². The zero-order chi connectivity index (χ0) is 16.6. The highest BCUT2D eigenvalue weighted by Crippen LogP contribution is 2.32. The molecule has 2 N–H and O–H groups in total. The third-order valence-electron chi connectivity index (χ3n) is 4.17. The lowest BCUT2D eigenvalue weighted by Crippen LogP contribution is -2.52.